The quantitative estimate of drug-likeness (QED) is 0.553. The van der Waals surface area contributed by atoms with E-state index in [1.54, 1.807) is 0 Å². The second kappa shape index (κ2) is 10.1. The normalized spacial score (nSPS) is 11.1. The summed E-state index contributed by atoms with van der Waals surface area (Å²) in [5.41, 5.74) is 2.97. The van der Waals surface area contributed by atoms with E-state index in [-0.39, 0.29) is 24.4 Å². The number of hydrogen-bond donors (Lipinski definition) is 1. The second-order valence-electron chi connectivity index (χ2n) is 7.79. The summed E-state index contributed by atoms with van der Waals surface area (Å²) in [4.78, 5) is 31.1. The van der Waals surface area contributed by atoms with E-state index < -0.39 is 0 Å². The van der Waals surface area contributed by atoms with E-state index in [9.17, 15) is 9.59 Å². The molecule has 1 heterocycles. The molecule has 0 fully saturated rings. The minimum Gasteiger partial charge on any atom is -0.356 e. The maximum absolute atomic E-state index is 13.3. The number of aromatic nitrogens is 2. The molecule has 0 aliphatic rings. The number of imidazole rings is 1. The number of nitrogens with zero attached hydrogens (tertiary/aromatic N) is 3. The molecule has 0 spiro atoms. The Balaban J connectivity index is 1.80. The van der Waals surface area contributed by atoms with Gasteiger partial charge < -0.3 is 14.8 Å². The number of carbonyl (C=O) groups excluding carboxylic acids is 2. The predicted octanol–water partition coefficient (Wildman–Crippen LogP) is 3.54. The van der Waals surface area contributed by atoms with E-state index in [2.05, 4.69) is 5.32 Å². The highest BCUT2D eigenvalue weighted by Crippen LogP contribution is 2.18. The molecule has 3 rings (SSSR count). The van der Waals surface area contributed by atoms with E-state index in [1.807, 2.05) is 77.9 Å². The van der Waals surface area contributed by atoms with Gasteiger partial charge in [-0.2, -0.15) is 0 Å². The Hall–Kier alpha value is -3.15. The van der Waals surface area contributed by atoms with Gasteiger partial charge in [-0.05, 0) is 38.0 Å². The topological polar surface area (TPSA) is 67.2 Å². The number of carbonyl (C=O) groups is 2. The van der Waals surface area contributed by atoms with Crippen molar-refractivity contribution < 1.29 is 9.59 Å². The molecule has 3 aromatic rings. The first-order valence-corrected chi connectivity index (χ1v) is 10.5. The number of fused-ring (bicyclic) bond motifs is 1. The molecule has 158 valence electrons. The summed E-state index contributed by atoms with van der Waals surface area (Å²) in [5, 5.41) is 2.82. The predicted molar refractivity (Wildman–Crippen MR) is 119 cm³/mol. The average Bonchev–Trinajstić information content (AvgIpc) is 3.07. The van der Waals surface area contributed by atoms with Crippen LogP contribution in [0, 0.1) is 0 Å². The van der Waals surface area contributed by atoms with Crippen LogP contribution >= 0.6 is 0 Å². The molecule has 0 radical (unpaired) electrons. The smallest absolute Gasteiger partial charge is 0.243 e. The molecule has 0 unspecified atom stereocenters. The highest BCUT2D eigenvalue weighted by atomic mass is 16.2. The van der Waals surface area contributed by atoms with Gasteiger partial charge in [-0.15, -0.1) is 0 Å². The van der Waals surface area contributed by atoms with Crippen molar-refractivity contribution in [3.63, 3.8) is 0 Å². The zero-order valence-electron chi connectivity index (χ0n) is 18.0. The number of rotatable bonds is 9. The highest BCUT2D eigenvalue weighted by molar-refractivity contribution is 5.81. The Morgan fingerprint density at radius 1 is 1.07 bits per heavy atom. The van der Waals surface area contributed by atoms with Crippen molar-refractivity contribution in [3.05, 3.63) is 66.0 Å². The zero-order valence-corrected chi connectivity index (χ0v) is 18.0. The van der Waals surface area contributed by atoms with Gasteiger partial charge in [0.2, 0.25) is 11.8 Å². The van der Waals surface area contributed by atoms with Crippen LogP contribution in [0.25, 0.3) is 11.0 Å². The van der Waals surface area contributed by atoms with Crippen LogP contribution in [0.15, 0.2) is 54.6 Å². The summed E-state index contributed by atoms with van der Waals surface area (Å²) in [6.45, 7) is 7.03. The molecule has 1 aromatic heterocycles. The minimum absolute atomic E-state index is 0.0350. The Morgan fingerprint density at radius 2 is 1.77 bits per heavy atom. The SMILES string of the molecule is CC(=O)NCCCc1nc2ccccc2n1CC(=O)N(Cc1ccccc1)C(C)C. The third-order valence-corrected chi connectivity index (χ3v) is 5.12. The van der Waals surface area contributed by atoms with Crippen molar-refractivity contribution in [2.24, 2.45) is 0 Å². The Morgan fingerprint density at radius 3 is 2.47 bits per heavy atom. The summed E-state index contributed by atoms with van der Waals surface area (Å²) in [5.74, 6) is 0.908. The summed E-state index contributed by atoms with van der Waals surface area (Å²) < 4.78 is 2.02. The van der Waals surface area contributed by atoms with E-state index >= 15 is 0 Å². The van der Waals surface area contributed by atoms with E-state index in [1.165, 1.54) is 6.92 Å². The van der Waals surface area contributed by atoms with Crippen LogP contribution in [-0.4, -0.2) is 38.9 Å². The fraction of sp³-hybridized carbons (Fsp3) is 0.375. The highest BCUT2D eigenvalue weighted by Gasteiger charge is 2.20. The van der Waals surface area contributed by atoms with Crippen molar-refractivity contribution in [2.45, 2.75) is 52.7 Å². The van der Waals surface area contributed by atoms with Crippen LogP contribution in [0.3, 0.4) is 0 Å². The standard InChI is InChI=1S/C24H30N4O2/c1-18(2)27(16-20-10-5-4-6-11-20)24(30)17-28-22-13-8-7-12-21(22)26-23(28)14-9-15-25-19(3)29/h4-8,10-13,18H,9,14-17H2,1-3H3,(H,25,29). The molecule has 0 saturated carbocycles. The Kier molecular flexibility index (Phi) is 7.22. The van der Waals surface area contributed by atoms with Gasteiger partial charge in [0.15, 0.2) is 0 Å². The molecule has 2 aromatic carbocycles. The van der Waals surface area contributed by atoms with E-state index in [0.29, 0.717) is 19.5 Å². The summed E-state index contributed by atoms with van der Waals surface area (Å²) in [6.07, 6.45) is 1.47. The van der Waals surface area contributed by atoms with Gasteiger partial charge in [0, 0.05) is 32.5 Å². The minimum atomic E-state index is -0.0350. The molecule has 1 N–H and O–H groups in total. The number of benzene rings is 2. The number of amides is 2. The van der Waals surface area contributed by atoms with Crippen LogP contribution in [0.4, 0.5) is 0 Å². The second-order valence-corrected chi connectivity index (χ2v) is 7.79. The maximum atomic E-state index is 13.3. The molecule has 0 aliphatic carbocycles. The summed E-state index contributed by atoms with van der Waals surface area (Å²) in [6, 6.07) is 18.1. The largest absolute Gasteiger partial charge is 0.356 e. The van der Waals surface area contributed by atoms with Crippen molar-refractivity contribution in [1.29, 1.82) is 0 Å². The number of nitrogens with one attached hydrogen (secondary N) is 1. The van der Waals surface area contributed by atoms with Crippen LogP contribution < -0.4 is 5.32 Å². The molecule has 0 bridgehead atoms. The fourth-order valence-corrected chi connectivity index (χ4v) is 3.57. The molecule has 0 atom stereocenters. The zero-order chi connectivity index (χ0) is 21.5. The summed E-state index contributed by atoms with van der Waals surface area (Å²) in [7, 11) is 0. The van der Waals surface area contributed by atoms with Gasteiger partial charge in [-0.3, -0.25) is 9.59 Å². The lowest BCUT2D eigenvalue weighted by molar-refractivity contribution is -0.134. The number of para-hydroxylation sites is 2. The van der Waals surface area contributed by atoms with Crippen LogP contribution in [-0.2, 0) is 29.1 Å². The molecule has 30 heavy (non-hydrogen) atoms. The fourth-order valence-electron chi connectivity index (χ4n) is 3.57. The maximum Gasteiger partial charge on any atom is 0.243 e. The van der Waals surface area contributed by atoms with Crippen LogP contribution in [0.5, 0.6) is 0 Å². The first-order chi connectivity index (χ1) is 14.5. The molecular formula is C24H30N4O2. The number of hydrogen-bond acceptors (Lipinski definition) is 3. The molecule has 2 amide bonds. The van der Waals surface area contributed by atoms with Crippen LogP contribution in [0.1, 0.15) is 38.6 Å². The first kappa shape index (κ1) is 21.6. The van der Waals surface area contributed by atoms with Gasteiger partial charge in [0.1, 0.15) is 12.4 Å². The lowest BCUT2D eigenvalue weighted by atomic mass is 10.2. The molecular weight excluding hydrogens is 376 g/mol. The third-order valence-electron chi connectivity index (χ3n) is 5.12. The van der Waals surface area contributed by atoms with Gasteiger partial charge in [-0.1, -0.05) is 42.5 Å². The molecule has 6 heteroatoms. The number of aryl methyl sites for hydroxylation is 1. The van der Waals surface area contributed by atoms with Crippen LogP contribution in [0.2, 0.25) is 0 Å². The van der Waals surface area contributed by atoms with Crippen molar-refractivity contribution >= 4 is 22.8 Å². The van der Waals surface area contributed by atoms with Gasteiger partial charge >= 0.3 is 0 Å². The first-order valence-electron chi connectivity index (χ1n) is 10.5. The van der Waals surface area contributed by atoms with Gasteiger partial charge in [-0.25, -0.2) is 4.98 Å². The summed E-state index contributed by atoms with van der Waals surface area (Å²) >= 11 is 0. The average molecular weight is 407 g/mol. The lowest BCUT2D eigenvalue weighted by Crippen LogP contribution is -2.38. The van der Waals surface area contributed by atoms with Crippen molar-refractivity contribution in [3.8, 4) is 0 Å². The van der Waals surface area contributed by atoms with Crippen molar-refractivity contribution in [1.82, 2.24) is 19.8 Å². The molecule has 0 saturated heterocycles. The monoisotopic (exact) mass is 406 g/mol. The van der Waals surface area contributed by atoms with E-state index in [4.69, 9.17) is 4.98 Å². The Labute approximate surface area is 177 Å². The lowest BCUT2D eigenvalue weighted by Gasteiger charge is -2.27. The molecule has 0 aliphatic heterocycles. The van der Waals surface area contributed by atoms with Crippen molar-refractivity contribution in [2.75, 3.05) is 6.54 Å². The van der Waals surface area contributed by atoms with Gasteiger partial charge in [0.25, 0.3) is 0 Å². The van der Waals surface area contributed by atoms with E-state index in [0.717, 1.165) is 28.8 Å². The molecule has 6 nitrogen and oxygen atoms in total. The Bertz CT molecular complexity index is 995. The van der Waals surface area contributed by atoms with Gasteiger partial charge in [0.05, 0.1) is 11.0 Å². The third kappa shape index (κ3) is 5.47.